The summed E-state index contributed by atoms with van der Waals surface area (Å²) in [4.78, 5) is 0. The van der Waals surface area contributed by atoms with Gasteiger partial charge in [-0.05, 0) is 47.0 Å². The molecule has 0 radical (unpaired) electrons. The van der Waals surface area contributed by atoms with E-state index in [0.29, 0.717) is 18.0 Å². The maximum Gasteiger partial charge on any atom is 0.150 e. The van der Waals surface area contributed by atoms with E-state index in [1.807, 2.05) is 19.1 Å². The Morgan fingerprint density at radius 1 is 1.39 bits per heavy atom. The molecule has 0 saturated heterocycles. The molecule has 0 unspecified atom stereocenters. The Kier molecular flexibility index (Phi) is 5.95. The smallest absolute Gasteiger partial charge is 0.150 e. The zero-order valence-electron chi connectivity index (χ0n) is 10.5. The van der Waals surface area contributed by atoms with E-state index in [1.165, 1.54) is 0 Å². The normalized spacial score (nSPS) is 11.6. The number of aryl methyl sites for hydroxylation is 1. The van der Waals surface area contributed by atoms with E-state index in [2.05, 4.69) is 21.2 Å². The molecule has 0 amide bonds. The first-order chi connectivity index (χ1) is 8.35. The summed E-state index contributed by atoms with van der Waals surface area (Å²) in [6.45, 7) is 4.21. The summed E-state index contributed by atoms with van der Waals surface area (Å²) in [5, 5.41) is 3.88. The molecule has 0 saturated carbocycles. The van der Waals surface area contributed by atoms with Crippen LogP contribution in [0.4, 0.5) is 5.69 Å². The average molecular weight is 355 g/mol. The lowest BCUT2D eigenvalue weighted by Crippen LogP contribution is -2.13. The van der Waals surface area contributed by atoms with Gasteiger partial charge in [-0.1, -0.05) is 18.5 Å². The van der Waals surface area contributed by atoms with Crippen molar-refractivity contribution in [1.82, 2.24) is 0 Å². The van der Waals surface area contributed by atoms with Gasteiger partial charge in [0.1, 0.15) is 9.84 Å². The van der Waals surface area contributed by atoms with E-state index in [0.717, 1.165) is 15.7 Å². The molecule has 18 heavy (non-hydrogen) atoms. The molecule has 0 spiro atoms. The standard InChI is InChI=1S/C12H17BrClNO2S/c1-3-18(16,17)6-4-5-15-12-8-11(14)9(2)7-10(12)13/h7-8,15H,3-6H2,1-2H3. The highest BCUT2D eigenvalue weighted by Gasteiger charge is 2.07. The van der Waals surface area contributed by atoms with Crippen LogP contribution in [0, 0.1) is 6.92 Å². The molecule has 1 aromatic carbocycles. The van der Waals surface area contributed by atoms with E-state index in [9.17, 15) is 8.42 Å². The van der Waals surface area contributed by atoms with Gasteiger partial charge in [-0.2, -0.15) is 0 Å². The fraction of sp³-hybridized carbons (Fsp3) is 0.500. The van der Waals surface area contributed by atoms with Crippen molar-refractivity contribution in [3.8, 4) is 0 Å². The van der Waals surface area contributed by atoms with Crippen molar-refractivity contribution in [2.75, 3.05) is 23.4 Å². The Morgan fingerprint density at radius 2 is 2.06 bits per heavy atom. The van der Waals surface area contributed by atoms with Crippen LogP contribution in [0.2, 0.25) is 5.02 Å². The quantitative estimate of drug-likeness (QED) is 0.793. The molecule has 0 aliphatic rings. The Balaban J connectivity index is 2.52. The van der Waals surface area contributed by atoms with Crippen LogP contribution in [0.15, 0.2) is 16.6 Å². The summed E-state index contributed by atoms with van der Waals surface area (Å²) in [5.74, 6) is 0.417. The van der Waals surface area contributed by atoms with Gasteiger partial charge in [0.25, 0.3) is 0 Å². The first kappa shape index (κ1) is 15.8. The Bertz CT molecular complexity index is 517. The fourth-order valence-electron chi connectivity index (χ4n) is 1.44. The third-order valence-corrected chi connectivity index (χ3v) is 5.49. The zero-order valence-corrected chi connectivity index (χ0v) is 13.6. The molecule has 0 bridgehead atoms. The van der Waals surface area contributed by atoms with Gasteiger partial charge in [0.05, 0.1) is 5.75 Å². The van der Waals surface area contributed by atoms with E-state index in [4.69, 9.17) is 11.6 Å². The summed E-state index contributed by atoms with van der Waals surface area (Å²) in [6.07, 6.45) is 0.591. The van der Waals surface area contributed by atoms with Gasteiger partial charge in [-0.25, -0.2) is 8.42 Å². The summed E-state index contributed by atoms with van der Waals surface area (Å²) in [6, 6.07) is 3.78. The van der Waals surface area contributed by atoms with Crippen LogP contribution in [0.5, 0.6) is 0 Å². The Hall–Kier alpha value is -0.260. The molecule has 6 heteroatoms. The summed E-state index contributed by atoms with van der Waals surface area (Å²) in [5.41, 5.74) is 1.89. The minimum atomic E-state index is -2.88. The second kappa shape index (κ2) is 6.78. The maximum absolute atomic E-state index is 11.3. The van der Waals surface area contributed by atoms with Gasteiger partial charge in [-0.15, -0.1) is 0 Å². The van der Waals surface area contributed by atoms with Crippen molar-refractivity contribution in [3.05, 3.63) is 27.2 Å². The summed E-state index contributed by atoms with van der Waals surface area (Å²) < 4.78 is 23.6. The molecule has 3 nitrogen and oxygen atoms in total. The van der Waals surface area contributed by atoms with Crippen LogP contribution in [-0.2, 0) is 9.84 Å². The molecule has 1 N–H and O–H groups in total. The fourth-order valence-corrected chi connectivity index (χ4v) is 3.08. The topological polar surface area (TPSA) is 46.2 Å². The van der Waals surface area contributed by atoms with Gasteiger partial charge in [0, 0.05) is 27.5 Å². The lowest BCUT2D eigenvalue weighted by Gasteiger charge is -2.10. The van der Waals surface area contributed by atoms with Crippen LogP contribution >= 0.6 is 27.5 Å². The number of anilines is 1. The van der Waals surface area contributed by atoms with Gasteiger partial charge < -0.3 is 5.32 Å². The molecule has 0 aliphatic carbocycles. The predicted octanol–water partition coefficient (Wildman–Crippen LogP) is 3.65. The lowest BCUT2D eigenvalue weighted by molar-refractivity contribution is 0.595. The largest absolute Gasteiger partial charge is 0.384 e. The minimum Gasteiger partial charge on any atom is -0.384 e. The summed E-state index contributed by atoms with van der Waals surface area (Å²) in [7, 11) is -2.88. The highest BCUT2D eigenvalue weighted by molar-refractivity contribution is 9.10. The first-order valence-corrected chi connectivity index (χ1v) is 8.75. The molecule has 0 atom stereocenters. The number of hydrogen-bond donors (Lipinski definition) is 1. The molecule has 0 aliphatic heterocycles. The van der Waals surface area contributed by atoms with Crippen molar-refractivity contribution < 1.29 is 8.42 Å². The molecule has 0 heterocycles. The van der Waals surface area contributed by atoms with E-state index in [-0.39, 0.29) is 11.5 Å². The number of nitrogens with one attached hydrogen (secondary N) is 1. The third-order valence-electron chi connectivity index (χ3n) is 2.64. The number of rotatable bonds is 6. The van der Waals surface area contributed by atoms with E-state index < -0.39 is 9.84 Å². The first-order valence-electron chi connectivity index (χ1n) is 5.75. The van der Waals surface area contributed by atoms with Crippen molar-refractivity contribution in [2.24, 2.45) is 0 Å². The van der Waals surface area contributed by atoms with Gasteiger partial charge in [0.2, 0.25) is 0 Å². The van der Waals surface area contributed by atoms with Crippen LogP contribution in [0.25, 0.3) is 0 Å². The number of hydrogen-bond acceptors (Lipinski definition) is 3. The van der Waals surface area contributed by atoms with E-state index in [1.54, 1.807) is 6.92 Å². The molecule has 0 aromatic heterocycles. The van der Waals surface area contributed by atoms with Crippen LogP contribution in [0.1, 0.15) is 18.9 Å². The van der Waals surface area contributed by atoms with Crippen molar-refractivity contribution in [2.45, 2.75) is 20.3 Å². The lowest BCUT2D eigenvalue weighted by atomic mass is 10.2. The van der Waals surface area contributed by atoms with Crippen molar-refractivity contribution in [3.63, 3.8) is 0 Å². The molecular weight excluding hydrogens is 338 g/mol. The van der Waals surface area contributed by atoms with Gasteiger partial charge in [-0.3, -0.25) is 0 Å². The van der Waals surface area contributed by atoms with Crippen molar-refractivity contribution >= 4 is 43.1 Å². The van der Waals surface area contributed by atoms with Crippen LogP contribution in [0.3, 0.4) is 0 Å². The maximum atomic E-state index is 11.3. The second-order valence-corrected chi connectivity index (χ2v) is 7.83. The number of benzene rings is 1. The minimum absolute atomic E-state index is 0.201. The highest BCUT2D eigenvalue weighted by atomic mass is 79.9. The Labute approximate surface area is 122 Å². The van der Waals surface area contributed by atoms with Gasteiger partial charge in [0.15, 0.2) is 0 Å². The monoisotopic (exact) mass is 353 g/mol. The Morgan fingerprint density at radius 3 is 2.67 bits per heavy atom. The molecule has 1 rings (SSSR count). The van der Waals surface area contributed by atoms with Crippen LogP contribution in [-0.4, -0.2) is 26.5 Å². The van der Waals surface area contributed by atoms with Crippen LogP contribution < -0.4 is 5.32 Å². The summed E-state index contributed by atoms with van der Waals surface area (Å²) >= 11 is 9.48. The molecule has 1 aromatic rings. The second-order valence-electron chi connectivity index (χ2n) is 4.10. The average Bonchev–Trinajstić information content (AvgIpc) is 2.31. The van der Waals surface area contributed by atoms with Gasteiger partial charge >= 0.3 is 0 Å². The third kappa shape index (κ3) is 4.78. The van der Waals surface area contributed by atoms with Crippen molar-refractivity contribution in [1.29, 1.82) is 0 Å². The number of sulfone groups is 1. The van der Waals surface area contributed by atoms with E-state index >= 15 is 0 Å². The number of halogens is 2. The molecular formula is C12H17BrClNO2S. The molecule has 0 fully saturated rings. The SMILES string of the molecule is CCS(=O)(=O)CCCNc1cc(Cl)c(C)cc1Br. The predicted molar refractivity (Wildman–Crippen MR) is 81.3 cm³/mol. The zero-order chi connectivity index (χ0) is 13.8. The highest BCUT2D eigenvalue weighted by Crippen LogP contribution is 2.29. The molecule has 102 valence electrons.